The quantitative estimate of drug-likeness (QED) is 0.727. The number of aryl methyl sites for hydroxylation is 2. The Morgan fingerprint density at radius 3 is 2.48 bits per heavy atom. The molecule has 0 unspecified atom stereocenters. The Hall–Kier alpha value is -3.09. The van der Waals surface area contributed by atoms with E-state index >= 15 is 0 Å². The maximum absolute atomic E-state index is 13.6. The summed E-state index contributed by atoms with van der Waals surface area (Å²) >= 11 is 0. The number of halogens is 1. The number of rotatable bonds is 5. The van der Waals surface area contributed by atoms with Gasteiger partial charge in [0.2, 0.25) is 0 Å². The van der Waals surface area contributed by atoms with Gasteiger partial charge in [0.25, 0.3) is 11.8 Å². The summed E-state index contributed by atoms with van der Waals surface area (Å²) in [5.41, 5.74) is 7.57. The molecule has 3 N–H and O–H groups in total. The van der Waals surface area contributed by atoms with E-state index in [1.165, 1.54) is 19.2 Å². The normalized spacial score (nSPS) is 10.1. The molecule has 0 saturated carbocycles. The third-order valence-electron chi connectivity index (χ3n) is 3.55. The third kappa shape index (κ3) is 4.94. The second kappa shape index (κ2) is 8.14. The number of carbonyl (C=O) groups excluding carboxylic acids is 2. The van der Waals surface area contributed by atoms with Crippen LogP contribution in [0.5, 0.6) is 5.75 Å². The van der Waals surface area contributed by atoms with Crippen molar-refractivity contribution < 1.29 is 18.7 Å². The van der Waals surface area contributed by atoms with E-state index in [0.29, 0.717) is 0 Å². The van der Waals surface area contributed by atoms with Crippen molar-refractivity contribution in [2.24, 2.45) is 0 Å². The summed E-state index contributed by atoms with van der Waals surface area (Å²) in [5, 5.41) is 2.99. The van der Waals surface area contributed by atoms with Crippen LogP contribution in [0.4, 0.5) is 10.1 Å². The zero-order valence-electron chi connectivity index (χ0n) is 14.3. The van der Waals surface area contributed by atoms with Gasteiger partial charge < -0.3 is 10.1 Å². The lowest BCUT2D eigenvalue weighted by Crippen LogP contribution is -2.44. The van der Waals surface area contributed by atoms with Gasteiger partial charge in [0.15, 0.2) is 11.6 Å². The molecule has 0 aliphatic heterocycles. The van der Waals surface area contributed by atoms with Gasteiger partial charge in [0, 0.05) is 11.3 Å². The van der Waals surface area contributed by atoms with Crippen molar-refractivity contribution in [1.82, 2.24) is 10.9 Å². The topological polar surface area (TPSA) is 79.5 Å². The molecule has 132 valence electrons. The van der Waals surface area contributed by atoms with E-state index < -0.39 is 17.6 Å². The Bertz CT molecular complexity index is 793. The molecule has 0 aliphatic carbocycles. The van der Waals surface area contributed by atoms with Crippen LogP contribution in [0.25, 0.3) is 0 Å². The molecule has 0 spiro atoms. The lowest BCUT2D eigenvalue weighted by atomic mass is 10.1. The standard InChI is InChI=1S/C18H20FN3O3/c1-11-4-6-15(12(2)8-11)20-10-17(23)21-22-18(24)13-5-7-16(25-3)14(19)9-13/h4-9,20H,10H2,1-3H3,(H,21,23)(H,22,24). The van der Waals surface area contributed by atoms with Crippen molar-refractivity contribution in [1.29, 1.82) is 0 Å². The highest BCUT2D eigenvalue weighted by Crippen LogP contribution is 2.17. The third-order valence-corrected chi connectivity index (χ3v) is 3.55. The number of benzene rings is 2. The molecule has 0 aliphatic rings. The monoisotopic (exact) mass is 345 g/mol. The summed E-state index contributed by atoms with van der Waals surface area (Å²) in [6, 6.07) is 9.60. The second-order valence-corrected chi connectivity index (χ2v) is 5.52. The number of carbonyl (C=O) groups is 2. The molecule has 0 fully saturated rings. The zero-order valence-corrected chi connectivity index (χ0v) is 14.3. The Morgan fingerprint density at radius 2 is 1.84 bits per heavy atom. The van der Waals surface area contributed by atoms with E-state index in [0.717, 1.165) is 22.9 Å². The maximum atomic E-state index is 13.6. The number of nitrogens with one attached hydrogen (secondary N) is 3. The first kappa shape index (κ1) is 18.3. The van der Waals surface area contributed by atoms with Crippen LogP contribution in [-0.4, -0.2) is 25.5 Å². The molecule has 0 saturated heterocycles. The van der Waals surface area contributed by atoms with E-state index in [4.69, 9.17) is 4.74 Å². The molecule has 2 rings (SSSR count). The summed E-state index contributed by atoms with van der Waals surface area (Å²) in [4.78, 5) is 23.7. The fourth-order valence-corrected chi connectivity index (χ4v) is 2.24. The molecule has 25 heavy (non-hydrogen) atoms. The molecule has 2 amide bonds. The van der Waals surface area contributed by atoms with E-state index in [-0.39, 0.29) is 17.9 Å². The molecular formula is C18H20FN3O3. The fraction of sp³-hybridized carbons (Fsp3) is 0.222. The van der Waals surface area contributed by atoms with Gasteiger partial charge in [-0.1, -0.05) is 17.7 Å². The molecule has 2 aromatic carbocycles. The number of amides is 2. The first-order valence-electron chi connectivity index (χ1n) is 7.64. The fourth-order valence-electron chi connectivity index (χ4n) is 2.24. The molecule has 0 atom stereocenters. The van der Waals surface area contributed by atoms with Crippen LogP contribution in [0.15, 0.2) is 36.4 Å². The maximum Gasteiger partial charge on any atom is 0.269 e. The predicted octanol–water partition coefficient (Wildman–Crippen LogP) is 2.32. The van der Waals surface area contributed by atoms with Crippen molar-refractivity contribution >= 4 is 17.5 Å². The first-order valence-corrected chi connectivity index (χ1v) is 7.64. The number of methoxy groups -OCH3 is 1. The minimum Gasteiger partial charge on any atom is -0.494 e. The highest BCUT2D eigenvalue weighted by Gasteiger charge is 2.11. The van der Waals surface area contributed by atoms with Crippen LogP contribution < -0.4 is 20.9 Å². The van der Waals surface area contributed by atoms with E-state index in [2.05, 4.69) is 16.2 Å². The summed E-state index contributed by atoms with van der Waals surface area (Å²) < 4.78 is 18.4. The molecule has 0 bridgehead atoms. The molecular weight excluding hydrogens is 325 g/mol. The van der Waals surface area contributed by atoms with Gasteiger partial charge in [-0.2, -0.15) is 0 Å². The van der Waals surface area contributed by atoms with Crippen molar-refractivity contribution in [3.8, 4) is 5.75 Å². The Morgan fingerprint density at radius 1 is 1.08 bits per heavy atom. The van der Waals surface area contributed by atoms with Gasteiger partial charge in [0.1, 0.15) is 0 Å². The zero-order chi connectivity index (χ0) is 18.4. The van der Waals surface area contributed by atoms with E-state index in [9.17, 15) is 14.0 Å². The highest BCUT2D eigenvalue weighted by molar-refractivity contribution is 5.95. The van der Waals surface area contributed by atoms with Crippen molar-refractivity contribution in [2.45, 2.75) is 13.8 Å². The molecule has 0 aromatic heterocycles. The van der Waals surface area contributed by atoms with Crippen LogP contribution in [-0.2, 0) is 4.79 Å². The van der Waals surface area contributed by atoms with Gasteiger partial charge >= 0.3 is 0 Å². The number of hydrogen-bond donors (Lipinski definition) is 3. The lowest BCUT2D eigenvalue weighted by Gasteiger charge is -2.11. The van der Waals surface area contributed by atoms with Crippen LogP contribution in [0.3, 0.4) is 0 Å². The molecule has 6 nitrogen and oxygen atoms in total. The smallest absolute Gasteiger partial charge is 0.269 e. The van der Waals surface area contributed by atoms with Gasteiger partial charge in [-0.15, -0.1) is 0 Å². The Labute approximate surface area is 145 Å². The SMILES string of the molecule is COc1ccc(C(=O)NNC(=O)CNc2ccc(C)cc2C)cc1F. The molecule has 2 aromatic rings. The minimum absolute atomic E-state index is 0.0127. The summed E-state index contributed by atoms with van der Waals surface area (Å²) in [5.74, 6) is -1.67. The largest absolute Gasteiger partial charge is 0.494 e. The van der Waals surface area contributed by atoms with Crippen LogP contribution in [0.2, 0.25) is 0 Å². The lowest BCUT2D eigenvalue weighted by molar-refractivity contribution is -0.120. The Balaban J connectivity index is 1.85. The van der Waals surface area contributed by atoms with Crippen LogP contribution >= 0.6 is 0 Å². The minimum atomic E-state index is -0.655. The predicted molar refractivity (Wildman–Crippen MR) is 93.0 cm³/mol. The number of ether oxygens (including phenoxy) is 1. The molecule has 7 heteroatoms. The van der Waals surface area contributed by atoms with Gasteiger partial charge in [-0.05, 0) is 43.7 Å². The second-order valence-electron chi connectivity index (χ2n) is 5.52. The number of hydrazine groups is 1. The summed E-state index contributed by atoms with van der Waals surface area (Å²) in [7, 11) is 1.33. The highest BCUT2D eigenvalue weighted by atomic mass is 19.1. The van der Waals surface area contributed by atoms with Gasteiger partial charge in [-0.3, -0.25) is 20.4 Å². The van der Waals surface area contributed by atoms with Crippen molar-refractivity contribution in [3.63, 3.8) is 0 Å². The summed E-state index contributed by atoms with van der Waals surface area (Å²) in [6.07, 6.45) is 0. The number of anilines is 1. The van der Waals surface area contributed by atoms with Gasteiger partial charge in [0.05, 0.1) is 13.7 Å². The first-order chi connectivity index (χ1) is 11.9. The average Bonchev–Trinajstić information content (AvgIpc) is 2.58. The summed E-state index contributed by atoms with van der Waals surface area (Å²) in [6.45, 7) is 3.91. The molecule has 0 radical (unpaired) electrons. The van der Waals surface area contributed by atoms with Crippen LogP contribution in [0, 0.1) is 19.7 Å². The molecule has 0 heterocycles. The van der Waals surface area contributed by atoms with Gasteiger partial charge in [-0.25, -0.2) is 4.39 Å². The van der Waals surface area contributed by atoms with E-state index in [1.807, 2.05) is 32.0 Å². The van der Waals surface area contributed by atoms with Crippen LogP contribution in [0.1, 0.15) is 21.5 Å². The number of hydrogen-bond acceptors (Lipinski definition) is 4. The average molecular weight is 345 g/mol. The van der Waals surface area contributed by atoms with Crippen molar-refractivity contribution in [3.05, 3.63) is 58.9 Å². The van der Waals surface area contributed by atoms with E-state index in [1.54, 1.807) is 0 Å². The van der Waals surface area contributed by atoms with Crippen molar-refractivity contribution in [2.75, 3.05) is 19.0 Å². The Kier molecular flexibility index (Phi) is 5.94.